The average Bonchev–Trinajstić information content (AvgIpc) is 2.87. The molecule has 3 atom stereocenters. The summed E-state index contributed by atoms with van der Waals surface area (Å²) < 4.78 is 0. The highest BCUT2D eigenvalue weighted by Crippen LogP contribution is 2.51. The monoisotopic (exact) mass is 460 g/mol. The first-order chi connectivity index (χ1) is 17.0. The van der Waals surface area contributed by atoms with E-state index in [-0.39, 0.29) is 0 Å². The minimum atomic E-state index is -1.31. The van der Waals surface area contributed by atoms with E-state index in [0.29, 0.717) is 38.5 Å². The Hall–Kier alpha value is -3.52. The molecule has 0 rings (SSSR count). The molecule has 0 heterocycles. The topological polar surface area (TPSA) is 0 Å². The summed E-state index contributed by atoms with van der Waals surface area (Å²) in [6.45, 7) is 14.1. The van der Waals surface area contributed by atoms with Crippen LogP contribution in [-0.4, -0.2) is 0 Å². The minimum Gasteiger partial charge on any atom is -0.117 e. The van der Waals surface area contributed by atoms with Crippen LogP contribution in [0.3, 0.4) is 0 Å². The normalized spacial score (nSPS) is 13.7. The molecule has 0 fully saturated rings. The molecule has 0 bridgehead atoms. The Labute approximate surface area is 217 Å². The van der Waals surface area contributed by atoms with Crippen molar-refractivity contribution in [1.29, 1.82) is 0 Å². The van der Waals surface area contributed by atoms with E-state index in [0.717, 1.165) is 19.3 Å². The Morgan fingerprint density at radius 2 is 0.857 bits per heavy atom. The Morgan fingerprint density at radius 1 is 0.486 bits per heavy atom. The highest BCUT2D eigenvalue weighted by atomic mass is 14.5. The Balaban J connectivity index is 8.37. The summed E-state index contributed by atoms with van der Waals surface area (Å²) in [5.41, 5.74) is -3.84. The van der Waals surface area contributed by atoms with Crippen molar-refractivity contribution in [3.05, 3.63) is 0 Å². The van der Waals surface area contributed by atoms with Gasteiger partial charge in [-0.2, -0.15) is 0 Å². The molecule has 0 N–H and O–H groups in total. The lowest BCUT2D eigenvalue weighted by Gasteiger charge is -2.41. The van der Waals surface area contributed by atoms with E-state index in [1.54, 1.807) is 6.92 Å². The van der Waals surface area contributed by atoms with Crippen LogP contribution in [0, 0.1) is 111 Å². The van der Waals surface area contributed by atoms with E-state index >= 15 is 0 Å². The van der Waals surface area contributed by atoms with E-state index in [2.05, 4.69) is 110 Å². The van der Waals surface area contributed by atoms with Crippen LogP contribution in [0.5, 0.6) is 0 Å². The molecule has 0 saturated heterocycles. The number of unbranched alkanes of at least 4 members (excludes halogenated alkanes) is 3. The molecule has 0 aromatic rings. The van der Waals surface area contributed by atoms with Gasteiger partial charge in [0.05, 0.1) is 0 Å². The lowest BCUT2D eigenvalue weighted by Crippen LogP contribution is -2.50. The zero-order chi connectivity index (χ0) is 26.5. The van der Waals surface area contributed by atoms with Gasteiger partial charge in [-0.25, -0.2) is 0 Å². The van der Waals surface area contributed by atoms with Gasteiger partial charge in [-0.1, -0.05) is 88.9 Å². The maximum Gasteiger partial charge on any atom is 0.182 e. The van der Waals surface area contributed by atoms with Crippen molar-refractivity contribution < 1.29 is 0 Å². The predicted molar refractivity (Wildman–Crippen MR) is 152 cm³/mol. The molecule has 0 nitrogen and oxygen atoms in total. The van der Waals surface area contributed by atoms with Gasteiger partial charge < -0.3 is 0 Å². The smallest absolute Gasteiger partial charge is 0.117 e. The van der Waals surface area contributed by atoms with Gasteiger partial charge in [-0.15, -0.1) is 47.9 Å². The number of hydrogen-bond donors (Lipinski definition) is 0. The summed E-state index contributed by atoms with van der Waals surface area (Å²) in [6, 6.07) is 0. The lowest BCUT2D eigenvalue weighted by atomic mass is 9.51. The maximum absolute atomic E-state index is 6.33. The molecule has 3 unspecified atom stereocenters. The van der Waals surface area contributed by atoms with Crippen LogP contribution in [0.2, 0.25) is 0 Å². The molecule has 0 spiro atoms. The molecule has 0 aliphatic carbocycles. The Morgan fingerprint density at radius 3 is 1.29 bits per heavy atom. The molecule has 0 aromatic heterocycles. The van der Waals surface area contributed by atoms with Gasteiger partial charge in [0, 0.05) is 38.5 Å². The minimum absolute atomic E-state index is 0.626. The Bertz CT molecular complexity index is 1150. The maximum atomic E-state index is 6.33. The average molecular weight is 461 g/mol. The number of rotatable bonds is 5. The summed E-state index contributed by atoms with van der Waals surface area (Å²) in [5.74, 6) is 49.4. The van der Waals surface area contributed by atoms with Gasteiger partial charge in [0.1, 0.15) is 0 Å². The van der Waals surface area contributed by atoms with Crippen molar-refractivity contribution in [1.82, 2.24) is 0 Å². The predicted octanol–water partition coefficient (Wildman–Crippen LogP) is 7.25. The van der Waals surface area contributed by atoms with Gasteiger partial charge in [0.2, 0.25) is 0 Å². The van der Waals surface area contributed by atoms with Crippen LogP contribution in [0.25, 0.3) is 0 Å². The van der Waals surface area contributed by atoms with E-state index in [4.69, 9.17) is 6.42 Å². The second-order valence-corrected chi connectivity index (χ2v) is 7.89. The van der Waals surface area contributed by atoms with Crippen LogP contribution in [0.15, 0.2) is 0 Å². The molecule has 0 aliphatic rings. The summed E-state index contributed by atoms with van der Waals surface area (Å²) in [5, 5.41) is 0. The van der Waals surface area contributed by atoms with Crippen molar-refractivity contribution in [2.75, 3.05) is 0 Å². The third kappa shape index (κ3) is 8.33. The van der Waals surface area contributed by atoms with Crippen LogP contribution in [-0.2, 0) is 0 Å². The van der Waals surface area contributed by atoms with Gasteiger partial charge in [0.15, 0.2) is 16.2 Å². The van der Waals surface area contributed by atoms with Gasteiger partial charge >= 0.3 is 0 Å². The quantitative estimate of drug-likeness (QED) is 0.379. The molecule has 180 valence electrons. The third-order valence-corrected chi connectivity index (χ3v) is 4.96. The summed E-state index contributed by atoms with van der Waals surface area (Å²) in [7, 11) is 0. The Kier molecular flexibility index (Phi) is 16.1. The van der Waals surface area contributed by atoms with E-state index in [1.807, 2.05) is 20.8 Å². The first-order valence-corrected chi connectivity index (χ1v) is 12.9. The number of hydrogen-bond acceptors (Lipinski definition) is 0. The van der Waals surface area contributed by atoms with Gasteiger partial charge in [-0.3, -0.25) is 0 Å². The largest absolute Gasteiger partial charge is 0.182 e. The van der Waals surface area contributed by atoms with E-state index in [9.17, 15) is 0 Å². The summed E-state index contributed by atoms with van der Waals surface area (Å²) in [6.07, 6.45) is 13.1. The van der Waals surface area contributed by atoms with E-state index in [1.165, 1.54) is 0 Å². The van der Waals surface area contributed by atoms with Crippen molar-refractivity contribution in [2.45, 2.75) is 106 Å². The third-order valence-electron chi connectivity index (χ3n) is 4.96. The van der Waals surface area contributed by atoms with Crippen LogP contribution in [0.1, 0.15) is 106 Å². The summed E-state index contributed by atoms with van der Waals surface area (Å²) >= 11 is 0. The fraction of sp³-hybridized carbons (Fsp3) is 0.543. The number of terminal acetylenes is 1. The second-order valence-electron chi connectivity index (χ2n) is 7.89. The van der Waals surface area contributed by atoms with Crippen molar-refractivity contribution in [3.63, 3.8) is 0 Å². The molecule has 0 saturated carbocycles. The molecule has 0 amide bonds. The molecule has 0 aliphatic heterocycles. The van der Waals surface area contributed by atoms with Gasteiger partial charge in [-0.05, 0) is 26.2 Å². The summed E-state index contributed by atoms with van der Waals surface area (Å²) in [4.78, 5) is 0. The molecule has 35 heavy (non-hydrogen) atoms. The molecular weight excluding hydrogens is 420 g/mol. The molecule has 0 aromatic carbocycles. The highest BCUT2D eigenvalue weighted by Gasteiger charge is 2.61. The highest BCUT2D eigenvalue weighted by molar-refractivity contribution is 5.61. The van der Waals surface area contributed by atoms with Gasteiger partial charge in [0.25, 0.3) is 0 Å². The first kappa shape index (κ1) is 31.5. The van der Waals surface area contributed by atoms with E-state index < -0.39 is 16.2 Å². The van der Waals surface area contributed by atoms with Crippen molar-refractivity contribution in [2.24, 2.45) is 16.2 Å². The van der Waals surface area contributed by atoms with Crippen LogP contribution < -0.4 is 0 Å². The van der Waals surface area contributed by atoms with Crippen molar-refractivity contribution >= 4 is 0 Å². The molecule has 0 heteroatoms. The van der Waals surface area contributed by atoms with Crippen LogP contribution >= 0.6 is 0 Å². The fourth-order valence-corrected chi connectivity index (χ4v) is 3.27. The first-order valence-electron chi connectivity index (χ1n) is 12.9. The molecular formula is C35H40. The second kappa shape index (κ2) is 17.9. The molecule has 0 radical (unpaired) electrons. The van der Waals surface area contributed by atoms with Crippen LogP contribution in [0.4, 0.5) is 0 Å². The lowest BCUT2D eigenvalue weighted by molar-refractivity contribution is 0.296. The zero-order valence-electron chi connectivity index (χ0n) is 22.9. The zero-order valence-corrected chi connectivity index (χ0v) is 22.9. The SMILES string of the molecule is C#CC(C#CCC)(C#CCCC)C(C#CCC)(C#CCCC)C(C#CC)(C#CCC)C#CCCC. The van der Waals surface area contributed by atoms with Crippen molar-refractivity contribution in [3.8, 4) is 95.2 Å². The standard InChI is InChI=1S/C35H40/c1-9-17-23-29-33(16-8,27-20-12-4)35(31-22-14-6,32-25-19-11-3)34(26-15-7,28-21-13-5)30-24-18-10-2/h8H,9-14,17-19H2,1-7H3. The fourth-order valence-electron chi connectivity index (χ4n) is 3.27.